The monoisotopic (exact) mass is 382 g/mol. The Morgan fingerprint density at radius 2 is 2.00 bits per heavy atom. The molecule has 1 unspecified atom stereocenters. The largest absolute Gasteiger partial charge is 0.462 e. The molecule has 146 valence electrons. The quantitative estimate of drug-likeness (QED) is 0.743. The summed E-state index contributed by atoms with van der Waals surface area (Å²) in [5.41, 5.74) is 0.315. The van der Waals surface area contributed by atoms with Crippen molar-refractivity contribution >= 4 is 29.5 Å². The zero-order valence-corrected chi connectivity index (χ0v) is 17.1. The van der Waals surface area contributed by atoms with Crippen LogP contribution in [0.25, 0.3) is 0 Å². The van der Waals surface area contributed by atoms with E-state index in [0.29, 0.717) is 22.9 Å². The van der Waals surface area contributed by atoms with E-state index in [2.05, 4.69) is 31.2 Å². The second-order valence-electron chi connectivity index (χ2n) is 8.09. The number of thioether (sulfide) groups is 1. The average Bonchev–Trinajstić information content (AvgIpc) is 2.97. The van der Waals surface area contributed by atoms with E-state index < -0.39 is 0 Å². The molecule has 1 aromatic rings. The Morgan fingerprint density at radius 3 is 2.54 bits per heavy atom. The van der Waals surface area contributed by atoms with Crippen LogP contribution in [0.15, 0.2) is 10.6 Å². The molecule has 1 atom stereocenters. The molecule has 1 aliphatic rings. The number of amides is 1. The average molecular weight is 383 g/mol. The lowest BCUT2D eigenvalue weighted by Gasteiger charge is -2.36. The Kier molecular flexibility index (Phi) is 7.15. The van der Waals surface area contributed by atoms with Crippen LogP contribution in [0.1, 0.15) is 59.1 Å². The third kappa shape index (κ3) is 6.34. The van der Waals surface area contributed by atoms with Gasteiger partial charge in [0.25, 0.3) is 0 Å². The fourth-order valence-electron chi connectivity index (χ4n) is 3.19. The highest BCUT2D eigenvalue weighted by Crippen LogP contribution is 2.38. The van der Waals surface area contributed by atoms with Crippen LogP contribution < -0.4 is 5.32 Å². The molecule has 0 aromatic carbocycles. The molecule has 1 saturated carbocycles. The smallest absolute Gasteiger partial charge is 0.316 e. The summed E-state index contributed by atoms with van der Waals surface area (Å²) in [6.45, 7) is 10.3. The van der Waals surface area contributed by atoms with E-state index in [1.165, 1.54) is 11.8 Å². The van der Waals surface area contributed by atoms with Crippen molar-refractivity contribution < 1.29 is 18.8 Å². The highest BCUT2D eigenvalue weighted by atomic mass is 32.2. The van der Waals surface area contributed by atoms with Gasteiger partial charge in [0.1, 0.15) is 11.9 Å². The fourth-order valence-corrected chi connectivity index (χ4v) is 3.85. The van der Waals surface area contributed by atoms with E-state index in [4.69, 9.17) is 9.26 Å². The van der Waals surface area contributed by atoms with Gasteiger partial charge in [-0.3, -0.25) is 9.59 Å². The fraction of sp³-hybridized carbons (Fsp3) is 0.737. The Balaban J connectivity index is 1.67. The van der Waals surface area contributed by atoms with Crippen LogP contribution in [0.2, 0.25) is 0 Å². The first-order valence-corrected chi connectivity index (χ1v) is 10.3. The molecule has 0 radical (unpaired) electrons. The van der Waals surface area contributed by atoms with E-state index in [0.717, 1.165) is 25.7 Å². The number of hydrogen-bond acceptors (Lipinski definition) is 6. The van der Waals surface area contributed by atoms with Gasteiger partial charge in [0, 0.05) is 6.07 Å². The predicted octanol–water partition coefficient (Wildman–Crippen LogP) is 4.19. The molecule has 0 bridgehead atoms. The first-order chi connectivity index (χ1) is 12.1. The number of rotatable bonds is 6. The molecule has 1 aromatic heterocycles. The van der Waals surface area contributed by atoms with Crippen molar-refractivity contribution in [2.75, 3.05) is 11.1 Å². The van der Waals surface area contributed by atoms with Gasteiger partial charge < -0.3 is 14.6 Å². The number of ether oxygens (including phenoxy) is 1. The molecule has 6 nitrogen and oxygen atoms in total. The summed E-state index contributed by atoms with van der Waals surface area (Å²) >= 11 is 1.27. The second kappa shape index (κ2) is 8.93. The zero-order valence-electron chi connectivity index (χ0n) is 16.3. The van der Waals surface area contributed by atoms with Crippen molar-refractivity contribution in [3.8, 4) is 0 Å². The van der Waals surface area contributed by atoms with Crippen LogP contribution in [0.4, 0.5) is 5.82 Å². The molecule has 0 spiro atoms. The van der Waals surface area contributed by atoms with Crippen molar-refractivity contribution in [2.24, 2.45) is 11.3 Å². The molecule has 2 rings (SSSR count). The lowest BCUT2D eigenvalue weighted by molar-refractivity contribution is -0.148. The maximum atomic E-state index is 12.1. The van der Waals surface area contributed by atoms with Gasteiger partial charge in [0.05, 0.1) is 11.0 Å². The normalized spacial score (nSPS) is 21.9. The minimum absolute atomic E-state index is 0.0175. The third-order valence-corrected chi connectivity index (χ3v) is 6.01. The van der Waals surface area contributed by atoms with Gasteiger partial charge in [-0.1, -0.05) is 25.9 Å². The molecular formula is C19H30N2O4S. The molecular weight excluding hydrogens is 352 g/mol. The Morgan fingerprint density at radius 1 is 1.35 bits per heavy atom. The van der Waals surface area contributed by atoms with Crippen LogP contribution >= 0.6 is 11.8 Å². The third-order valence-electron chi connectivity index (χ3n) is 4.90. The molecule has 1 N–H and O–H groups in total. The molecule has 7 heteroatoms. The summed E-state index contributed by atoms with van der Waals surface area (Å²) in [5.74, 6) is 1.43. The molecule has 1 heterocycles. The first-order valence-electron chi connectivity index (χ1n) is 9.20. The molecule has 26 heavy (non-hydrogen) atoms. The van der Waals surface area contributed by atoms with Gasteiger partial charge in [-0.2, -0.15) is 0 Å². The van der Waals surface area contributed by atoms with Crippen molar-refractivity contribution in [3.05, 3.63) is 11.8 Å². The van der Waals surface area contributed by atoms with Gasteiger partial charge in [0.2, 0.25) is 5.91 Å². The van der Waals surface area contributed by atoms with Crippen LogP contribution in [0, 0.1) is 18.3 Å². The summed E-state index contributed by atoms with van der Waals surface area (Å²) in [4.78, 5) is 24.2. The second-order valence-corrected chi connectivity index (χ2v) is 9.42. The number of carbonyl (C=O) groups is 2. The highest BCUT2D eigenvalue weighted by Gasteiger charge is 2.31. The van der Waals surface area contributed by atoms with E-state index >= 15 is 0 Å². The Hall–Kier alpha value is -1.50. The topological polar surface area (TPSA) is 81.4 Å². The van der Waals surface area contributed by atoms with Crippen molar-refractivity contribution in [1.82, 2.24) is 5.16 Å². The lowest BCUT2D eigenvalue weighted by Crippen LogP contribution is -2.31. The summed E-state index contributed by atoms with van der Waals surface area (Å²) in [6, 6.07) is 1.65. The Labute approximate surface area is 159 Å². The summed E-state index contributed by atoms with van der Waals surface area (Å²) in [6.07, 6.45) is 4.08. The van der Waals surface area contributed by atoms with Crippen LogP contribution in [0.3, 0.4) is 0 Å². The maximum Gasteiger partial charge on any atom is 0.316 e. The SMILES string of the molecule is Cc1cc(NC(=O)C(C)SCC(=O)OC2CCC(C(C)(C)C)CC2)no1. The number of aryl methyl sites for hydroxylation is 1. The van der Waals surface area contributed by atoms with E-state index in [1.54, 1.807) is 19.9 Å². The molecule has 1 amide bonds. The molecule has 0 saturated heterocycles. The van der Waals surface area contributed by atoms with E-state index in [9.17, 15) is 9.59 Å². The predicted molar refractivity (Wildman–Crippen MR) is 103 cm³/mol. The minimum Gasteiger partial charge on any atom is -0.462 e. The van der Waals surface area contributed by atoms with Crippen molar-refractivity contribution in [2.45, 2.75) is 71.7 Å². The van der Waals surface area contributed by atoms with Gasteiger partial charge in [-0.25, -0.2) is 0 Å². The van der Waals surface area contributed by atoms with E-state index in [-0.39, 0.29) is 29.0 Å². The molecule has 1 fully saturated rings. The van der Waals surface area contributed by atoms with Crippen LogP contribution in [-0.2, 0) is 14.3 Å². The summed E-state index contributed by atoms with van der Waals surface area (Å²) in [7, 11) is 0. The summed E-state index contributed by atoms with van der Waals surface area (Å²) in [5, 5.41) is 6.02. The Bertz CT molecular complexity index is 615. The minimum atomic E-state index is -0.379. The van der Waals surface area contributed by atoms with Gasteiger partial charge >= 0.3 is 5.97 Å². The lowest BCUT2D eigenvalue weighted by atomic mass is 9.72. The summed E-state index contributed by atoms with van der Waals surface area (Å²) < 4.78 is 10.5. The number of nitrogens with zero attached hydrogens (tertiary/aromatic N) is 1. The van der Waals surface area contributed by atoms with Crippen molar-refractivity contribution in [1.29, 1.82) is 0 Å². The molecule has 1 aliphatic carbocycles. The van der Waals surface area contributed by atoms with Gasteiger partial charge in [-0.05, 0) is 50.9 Å². The first kappa shape index (κ1) is 20.8. The molecule has 0 aliphatic heterocycles. The number of nitrogens with one attached hydrogen (secondary N) is 1. The van der Waals surface area contributed by atoms with Gasteiger partial charge in [-0.15, -0.1) is 11.8 Å². The van der Waals surface area contributed by atoms with E-state index in [1.807, 2.05) is 0 Å². The van der Waals surface area contributed by atoms with Crippen LogP contribution in [0.5, 0.6) is 0 Å². The standard InChI is InChI=1S/C19H30N2O4S/c1-12-10-16(21-25-12)20-18(23)13(2)26-11-17(22)24-15-8-6-14(7-9-15)19(3,4)5/h10,13-15H,6-9,11H2,1-5H3,(H,20,21,23). The maximum absolute atomic E-state index is 12.1. The zero-order chi connectivity index (χ0) is 19.3. The number of aromatic nitrogens is 1. The number of anilines is 1. The van der Waals surface area contributed by atoms with Crippen LogP contribution in [-0.4, -0.2) is 34.1 Å². The highest BCUT2D eigenvalue weighted by molar-refractivity contribution is 8.01. The number of hydrogen-bond donors (Lipinski definition) is 1. The number of carbonyl (C=O) groups excluding carboxylic acids is 2. The van der Waals surface area contributed by atoms with Gasteiger partial charge in [0.15, 0.2) is 5.82 Å². The van der Waals surface area contributed by atoms with Crippen molar-refractivity contribution in [3.63, 3.8) is 0 Å². The number of esters is 1.